The second kappa shape index (κ2) is 8.01. The smallest absolute Gasteiger partial charge is 0.324 e. The molecule has 1 aliphatic carbocycles. The molecule has 21 heavy (non-hydrogen) atoms. The lowest BCUT2D eigenvalue weighted by atomic mass is 9.83. The van der Waals surface area contributed by atoms with Crippen LogP contribution in [0.3, 0.4) is 0 Å². The number of carbonyl (C=O) groups excluding carboxylic acids is 2. The monoisotopic (exact) mass is 294 g/mol. The number of rotatable bonds is 7. The molecule has 0 bridgehead atoms. The summed E-state index contributed by atoms with van der Waals surface area (Å²) in [4.78, 5) is 24.7. The first kappa shape index (κ1) is 17.5. The fourth-order valence-electron chi connectivity index (χ4n) is 2.61. The summed E-state index contributed by atoms with van der Waals surface area (Å²) in [6, 6.07) is 0. The third-order valence-electron chi connectivity index (χ3n) is 3.71. The highest BCUT2D eigenvalue weighted by Gasteiger charge is 2.52. The summed E-state index contributed by atoms with van der Waals surface area (Å²) in [7, 11) is 0. The van der Waals surface area contributed by atoms with Gasteiger partial charge >= 0.3 is 11.9 Å². The summed E-state index contributed by atoms with van der Waals surface area (Å²) >= 11 is 0. The van der Waals surface area contributed by atoms with E-state index in [1.165, 1.54) is 0 Å². The first-order valence-electron chi connectivity index (χ1n) is 7.71. The number of esters is 2. The Morgan fingerprint density at radius 1 is 1.10 bits per heavy atom. The van der Waals surface area contributed by atoms with Crippen molar-refractivity contribution in [2.75, 3.05) is 13.2 Å². The van der Waals surface area contributed by atoms with Crippen LogP contribution in [0, 0.1) is 5.41 Å². The molecule has 0 amide bonds. The van der Waals surface area contributed by atoms with E-state index in [-0.39, 0.29) is 13.2 Å². The predicted octanol–water partition coefficient (Wildman–Crippen LogP) is 3.57. The van der Waals surface area contributed by atoms with Crippen molar-refractivity contribution >= 4 is 11.9 Å². The molecule has 118 valence electrons. The minimum atomic E-state index is -1.19. The van der Waals surface area contributed by atoms with Gasteiger partial charge in [-0.2, -0.15) is 0 Å². The van der Waals surface area contributed by atoms with E-state index in [2.05, 4.69) is 13.0 Å². The number of ether oxygens (including phenoxy) is 2. The van der Waals surface area contributed by atoms with Crippen molar-refractivity contribution in [3.05, 3.63) is 23.3 Å². The molecule has 0 spiro atoms. The van der Waals surface area contributed by atoms with Gasteiger partial charge < -0.3 is 9.47 Å². The SMILES string of the molecule is CCC/C=C/C1=C(C)CC(C(=O)OCC)(C(=O)OCC)C1. The fraction of sp³-hybridized carbons (Fsp3) is 0.647. The molecule has 0 radical (unpaired) electrons. The van der Waals surface area contributed by atoms with Gasteiger partial charge in [-0.25, -0.2) is 0 Å². The van der Waals surface area contributed by atoms with Gasteiger partial charge in [0.1, 0.15) is 0 Å². The summed E-state index contributed by atoms with van der Waals surface area (Å²) in [5.41, 5.74) is 0.912. The zero-order valence-electron chi connectivity index (χ0n) is 13.5. The van der Waals surface area contributed by atoms with Crippen molar-refractivity contribution < 1.29 is 19.1 Å². The lowest BCUT2D eigenvalue weighted by Gasteiger charge is -2.24. The Kier molecular flexibility index (Phi) is 6.66. The molecule has 0 saturated carbocycles. The van der Waals surface area contributed by atoms with E-state index in [4.69, 9.17) is 9.47 Å². The van der Waals surface area contributed by atoms with E-state index in [0.717, 1.165) is 24.0 Å². The summed E-state index contributed by atoms with van der Waals surface area (Å²) in [5.74, 6) is -0.941. The van der Waals surface area contributed by atoms with Gasteiger partial charge in [-0.15, -0.1) is 0 Å². The Hall–Kier alpha value is -1.58. The van der Waals surface area contributed by atoms with Crippen LogP contribution in [0.5, 0.6) is 0 Å². The highest BCUT2D eigenvalue weighted by molar-refractivity contribution is 6.01. The Morgan fingerprint density at radius 2 is 1.67 bits per heavy atom. The molecule has 0 saturated heterocycles. The maximum absolute atomic E-state index is 12.3. The van der Waals surface area contributed by atoms with Crippen LogP contribution in [0.1, 0.15) is 53.4 Å². The minimum Gasteiger partial charge on any atom is -0.465 e. The summed E-state index contributed by atoms with van der Waals surface area (Å²) in [5, 5.41) is 0. The molecule has 4 nitrogen and oxygen atoms in total. The van der Waals surface area contributed by atoms with Gasteiger partial charge in [0.05, 0.1) is 13.2 Å². The molecule has 0 N–H and O–H groups in total. The van der Waals surface area contributed by atoms with Crippen LogP contribution in [0.25, 0.3) is 0 Å². The molecule has 1 rings (SSSR count). The Labute approximate surface area is 127 Å². The largest absolute Gasteiger partial charge is 0.465 e. The van der Waals surface area contributed by atoms with Crippen molar-refractivity contribution in [1.82, 2.24) is 0 Å². The van der Waals surface area contributed by atoms with Crippen molar-refractivity contribution in [1.29, 1.82) is 0 Å². The third kappa shape index (κ3) is 3.96. The molecule has 0 heterocycles. The van der Waals surface area contributed by atoms with Gasteiger partial charge in [0, 0.05) is 0 Å². The maximum Gasteiger partial charge on any atom is 0.324 e. The van der Waals surface area contributed by atoms with Crippen LogP contribution in [0.2, 0.25) is 0 Å². The van der Waals surface area contributed by atoms with E-state index in [1.54, 1.807) is 13.8 Å². The molecule has 0 fully saturated rings. The van der Waals surface area contributed by atoms with Crippen LogP contribution < -0.4 is 0 Å². The quantitative estimate of drug-likeness (QED) is 0.532. The standard InChI is InChI=1S/C17H26O4/c1-5-8-9-10-14-12-17(11-13(14)4,15(18)20-6-2)16(19)21-7-3/h9-10H,5-8,11-12H2,1-4H3/b10-9+. The number of hydrogen-bond acceptors (Lipinski definition) is 4. The molecule has 0 aromatic carbocycles. The van der Waals surface area contributed by atoms with Crippen molar-refractivity contribution in [2.24, 2.45) is 5.41 Å². The van der Waals surface area contributed by atoms with Crippen molar-refractivity contribution in [3.8, 4) is 0 Å². The zero-order chi connectivity index (χ0) is 15.9. The van der Waals surface area contributed by atoms with E-state index in [0.29, 0.717) is 12.8 Å². The number of allylic oxidation sites excluding steroid dienone is 4. The van der Waals surface area contributed by atoms with E-state index in [1.807, 2.05) is 13.0 Å². The molecule has 0 aromatic heterocycles. The van der Waals surface area contributed by atoms with Gasteiger partial charge in [-0.1, -0.05) is 31.1 Å². The molecule has 0 aromatic rings. The normalized spacial score (nSPS) is 17.3. The number of carbonyl (C=O) groups is 2. The first-order valence-corrected chi connectivity index (χ1v) is 7.71. The van der Waals surface area contributed by atoms with Crippen LogP contribution in [-0.4, -0.2) is 25.2 Å². The topological polar surface area (TPSA) is 52.6 Å². The average molecular weight is 294 g/mol. The van der Waals surface area contributed by atoms with Crippen LogP contribution in [-0.2, 0) is 19.1 Å². The van der Waals surface area contributed by atoms with Gasteiger partial charge in [0.15, 0.2) is 5.41 Å². The lowest BCUT2D eigenvalue weighted by Crippen LogP contribution is -2.40. The lowest BCUT2D eigenvalue weighted by molar-refractivity contribution is -0.171. The Balaban J connectivity index is 2.98. The van der Waals surface area contributed by atoms with Crippen LogP contribution >= 0.6 is 0 Å². The second-order valence-electron chi connectivity index (χ2n) is 5.37. The molecule has 1 aliphatic rings. The molecular weight excluding hydrogens is 268 g/mol. The summed E-state index contributed by atoms with van der Waals surface area (Å²) in [6.07, 6.45) is 6.93. The van der Waals surface area contributed by atoms with Gasteiger partial charge in [-0.3, -0.25) is 9.59 Å². The number of hydrogen-bond donors (Lipinski definition) is 0. The van der Waals surface area contributed by atoms with Crippen LogP contribution in [0.15, 0.2) is 23.3 Å². The molecule has 0 aliphatic heterocycles. The van der Waals surface area contributed by atoms with E-state index >= 15 is 0 Å². The fourth-order valence-corrected chi connectivity index (χ4v) is 2.61. The average Bonchev–Trinajstić information content (AvgIpc) is 2.78. The second-order valence-corrected chi connectivity index (χ2v) is 5.37. The Bertz CT molecular complexity index is 428. The van der Waals surface area contributed by atoms with Crippen molar-refractivity contribution in [3.63, 3.8) is 0 Å². The predicted molar refractivity (Wildman–Crippen MR) is 81.7 cm³/mol. The Morgan fingerprint density at radius 3 is 2.14 bits per heavy atom. The highest BCUT2D eigenvalue weighted by atomic mass is 16.6. The first-order chi connectivity index (χ1) is 10.0. The van der Waals surface area contributed by atoms with Crippen molar-refractivity contribution in [2.45, 2.75) is 53.4 Å². The maximum atomic E-state index is 12.3. The highest BCUT2D eigenvalue weighted by Crippen LogP contribution is 2.44. The summed E-state index contributed by atoms with van der Waals surface area (Å²) in [6.45, 7) is 8.09. The number of unbranched alkanes of at least 4 members (excludes halogenated alkanes) is 1. The molecule has 0 unspecified atom stereocenters. The van der Waals surface area contributed by atoms with Crippen LogP contribution in [0.4, 0.5) is 0 Å². The molecule has 0 atom stereocenters. The minimum absolute atomic E-state index is 0.264. The van der Waals surface area contributed by atoms with Gasteiger partial charge in [-0.05, 0) is 45.6 Å². The van der Waals surface area contributed by atoms with E-state index < -0.39 is 17.4 Å². The van der Waals surface area contributed by atoms with Gasteiger partial charge in [0.2, 0.25) is 0 Å². The molecule has 4 heteroatoms. The van der Waals surface area contributed by atoms with Gasteiger partial charge in [0.25, 0.3) is 0 Å². The zero-order valence-corrected chi connectivity index (χ0v) is 13.5. The van der Waals surface area contributed by atoms with E-state index in [9.17, 15) is 9.59 Å². The molecular formula is C17H26O4. The third-order valence-corrected chi connectivity index (χ3v) is 3.71. The summed E-state index contributed by atoms with van der Waals surface area (Å²) < 4.78 is 10.3.